The lowest BCUT2D eigenvalue weighted by molar-refractivity contribution is 0.0640. The zero-order valence-corrected chi connectivity index (χ0v) is 18.5. The number of pyridine rings is 1. The quantitative estimate of drug-likeness (QED) is 0.420. The number of hydrogen-bond donors (Lipinski definition) is 1. The first kappa shape index (κ1) is 22.2. The highest BCUT2D eigenvalue weighted by Crippen LogP contribution is 2.29. The largest absolute Gasteiger partial charge is 0.495 e. The van der Waals surface area contributed by atoms with Crippen LogP contribution in [0.15, 0.2) is 65.7 Å². The Morgan fingerprint density at radius 1 is 1.06 bits per heavy atom. The van der Waals surface area contributed by atoms with Crippen molar-refractivity contribution in [2.45, 2.75) is 18.4 Å². The first-order valence-electron chi connectivity index (χ1n) is 9.83. The molecule has 1 aliphatic rings. The van der Waals surface area contributed by atoms with Crippen molar-refractivity contribution in [2.75, 3.05) is 11.8 Å². The fourth-order valence-corrected chi connectivity index (χ4v) is 4.73. The predicted molar refractivity (Wildman–Crippen MR) is 119 cm³/mol. The van der Waals surface area contributed by atoms with E-state index in [-0.39, 0.29) is 39.9 Å². The number of aromatic nitrogens is 1. The van der Waals surface area contributed by atoms with E-state index in [0.29, 0.717) is 11.1 Å². The van der Waals surface area contributed by atoms with E-state index in [9.17, 15) is 22.8 Å². The number of carbonyl (C=O) groups is 3. The van der Waals surface area contributed by atoms with Crippen molar-refractivity contribution >= 4 is 33.3 Å². The Labute approximate surface area is 190 Å². The van der Waals surface area contributed by atoms with Crippen LogP contribution < -0.4 is 9.46 Å². The van der Waals surface area contributed by atoms with Crippen molar-refractivity contribution in [3.8, 4) is 5.75 Å². The molecular formula is C23H19N3O6S. The maximum absolute atomic E-state index is 13.1. The molecule has 0 fully saturated rings. The average molecular weight is 465 g/mol. The number of rotatable bonds is 7. The molecule has 0 radical (unpaired) electrons. The van der Waals surface area contributed by atoms with Crippen LogP contribution in [0.5, 0.6) is 5.75 Å². The second-order valence-electron chi connectivity index (χ2n) is 7.32. The number of imide groups is 1. The summed E-state index contributed by atoms with van der Waals surface area (Å²) in [7, 11) is -2.75. The number of nitrogens with zero attached hydrogens (tertiary/aromatic N) is 2. The van der Waals surface area contributed by atoms with Crippen LogP contribution in [0.25, 0.3) is 0 Å². The molecule has 0 saturated heterocycles. The van der Waals surface area contributed by atoms with Crippen molar-refractivity contribution in [3.05, 3.63) is 83.2 Å². The average Bonchev–Trinajstić information content (AvgIpc) is 3.04. The summed E-state index contributed by atoms with van der Waals surface area (Å²) >= 11 is 0. The Hall–Kier alpha value is -4.05. The van der Waals surface area contributed by atoms with Crippen LogP contribution in [-0.4, -0.2) is 43.0 Å². The number of hydrogen-bond acceptors (Lipinski definition) is 7. The maximum atomic E-state index is 13.1. The van der Waals surface area contributed by atoms with Crippen LogP contribution in [0.4, 0.5) is 5.69 Å². The number of methoxy groups -OCH3 is 1. The molecule has 2 amide bonds. The highest BCUT2D eigenvalue weighted by Gasteiger charge is 2.36. The maximum Gasteiger partial charge on any atom is 0.280 e. The first-order chi connectivity index (χ1) is 15.7. The van der Waals surface area contributed by atoms with Crippen LogP contribution in [0, 0.1) is 0 Å². The van der Waals surface area contributed by atoms with E-state index < -0.39 is 21.8 Å². The lowest BCUT2D eigenvalue weighted by atomic mass is 10.1. The van der Waals surface area contributed by atoms with Gasteiger partial charge in [0.15, 0.2) is 5.78 Å². The van der Waals surface area contributed by atoms with E-state index in [2.05, 4.69) is 9.71 Å². The lowest BCUT2D eigenvalue weighted by Crippen LogP contribution is -2.29. The first-order valence-corrected chi connectivity index (χ1v) is 11.3. The predicted octanol–water partition coefficient (Wildman–Crippen LogP) is 2.89. The summed E-state index contributed by atoms with van der Waals surface area (Å²) in [5, 5.41) is 0. The summed E-state index contributed by atoms with van der Waals surface area (Å²) in [4.78, 5) is 41.5. The zero-order chi connectivity index (χ0) is 23.8. The lowest BCUT2D eigenvalue weighted by Gasteiger charge is -2.16. The van der Waals surface area contributed by atoms with E-state index in [1.54, 1.807) is 12.1 Å². The second-order valence-corrected chi connectivity index (χ2v) is 8.97. The van der Waals surface area contributed by atoms with Crippen LogP contribution >= 0.6 is 0 Å². The highest BCUT2D eigenvalue weighted by atomic mass is 32.2. The molecule has 1 N–H and O–H groups in total. The highest BCUT2D eigenvalue weighted by molar-refractivity contribution is 7.92. The van der Waals surface area contributed by atoms with E-state index in [4.69, 9.17) is 4.74 Å². The van der Waals surface area contributed by atoms with Crippen LogP contribution in [-0.2, 0) is 16.6 Å². The summed E-state index contributed by atoms with van der Waals surface area (Å²) in [5.41, 5.74) is 1.41. The fourth-order valence-electron chi connectivity index (χ4n) is 3.45. The third-order valence-electron chi connectivity index (χ3n) is 5.13. The van der Waals surface area contributed by atoms with Gasteiger partial charge in [-0.15, -0.1) is 0 Å². The number of ether oxygens (including phenoxy) is 1. The van der Waals surface area contributed by atoms with Gasteiger partial charge < -0.3 is 4.74 Å². The number of fused-ring (bicyclic) bond motifs is 1. The summed E-state index contributed by atoms with van der Waals surface area (Å²) in [6.45, 7) is 1.29. The summed E-state index contributed by atoms with van der Waals surface area (Å²) in [5.74, 6) is -1.08. The van der Waals surface area contributed by atoms with Gasteiger partial charge in [0.1, 0.15) is 16.3 Å². The Morgan fingerprint density at radius 3 is 2.42 bits per heavy atom. The van der Waals surface area contributed by atoms with Gasteiger partial charge in [0.25, 0.3) is 21.8 Å². The molecule has 4 rings (SSSR count). The minimum atomic E-state index is -4.09. The summed E-state index contributed by atoms with van der Waals surface area (Å²) in [6, 6.07) is 13.5. The molecule has 2 heterocycles. The molecule has 0 spiro atoms. The Bertz CT molecular complexity index is 1350. The van der Waals surface area contributed by atoms with Crippen molar-refractivity contribution in [1.82, 2.24) is 9.88 Å². The van der Waals surface area contributed by atoms with Crippen LogP contribution in [0.3, 0.4) is 0 Å². The van der Waals surface area contributed by atoms with Gasteiger partial charge in [0.2, 0.25) is 0 Å². The van der Waals surface area contributed by atoms with Gasteiger partial charge in [-0.05, 0) is 61.0 Å². The van der Waals surface area contributed by atoms with Gasteiger partial charge in [0, 0.05) is 17.4 Å². The van der Waals surface area contributed by atoms with Crippen LogP contribution in [0.1, 0.15) is 43.7 Å². The molecule has 0 atom stereocenters. The SMILES string of the molecule is COc1ccc(CN2C(=O)c3cccnc3C2=O)cc1S(=O)(=O)Nc1ccc(C(C)=O)cc1. The van der Waals surface area contributed by atoms with Gasteiger partial charge in [-0.1, -0.05) is 6.07 Å². The minimum absolute atomic E-state index is 0.0690. The number of Topliss-reactive ketones (excluding diaryl/α,β-unsaturated/α-hetero) is 1. The number of anilines is 1. The van der Waals surface area contributed by atoms with Gasteiger partial charge >= 0.3 is 0 Å². The molecule has 0 aliphatic carbocycles. The third kappa shape index (κ3) is 4.20. The molecule has 0 unspecified atom stereocenters. The molecule has 168 valence electrons. The molecule has 0 bridgehead atoms. The molecule has 1 aromatic heterocycles. The minimum Gasteiger partial charge on any atom is -0.495 e. The molecule has 2 aromatic carbocycles. The molecule has 10 heteroatoms. The Kier molecular flexibility index (Phi) is 5.69. The number of benzene rings is 2. The number of carbonyl (C=O) groups excluding carboxylic acids is 3. The summed E-state index contributed by atoms with van der Waals surface area (Å²) < 4.78 is 33.8. The van der Waals surface area contributed by atoms with Gasteiger partial charge in [-0.25, -0.2) is 8.42 Å². The van der Waals surface area contributed by atoms with Crippen molar-refractivity contribution in [3.63, 3.8) is 0 Å². The van der Waals surface area contributed by atoms with E-state index in [0.717, 1.165) is 4.90 Å². The molecule has 33 heavy (non-hydrogen) atoms. The summed E-state index contributed by atoms with van der Waals surface area (Å²) in [6.07, 6.45) is 1.43. The second kappa shape index (κ2) is 8.47. The zero-order valence-electron chi connectivity index (χ0n) is 17.7. The standard InChI is InChI=1S/C23H19N3O6S/c1-14(27)16-6-8-17(9-7-16)25-33(30,31)20-12-15(5-10-19(20)32-2)13-26-22(28)18-4-3-11-24-21(18)23(26)29/h3-12,25H,13H2,1-2H3. The van der Waals surface area contributed by atoms with Gasteiger partial charge in [-0.2, -0.15) is 0 Å². The number of amides is 2. The van der Waals surface area contributed by atoms with Gasteiger partial charge in [-0.3, -0.25) is 29.0 Å². The molecular weight excluding hydrogens is 446 g/mol. The molecule has 9 nitrogen and oxygen atoms in total. The van der Waals surface area contributed by atoms with Crippen molar-refractivity contribution in [2.24, 2.45) is 0 Å². The van der Waals surface area contributed by atoms with E-state index >= 15 is 0 Å². The monoisotopic (exact) mass is 465 g/mol. The van der Waals surface area contributed by atoms with E-state index in [1.165, 1.54) is 62.7 Å². The smallest absolute Gasteiger partial charge is 0.280 e. The topological polar surface area (TPSA) is 123 Å². The van der Waals surface area contributed by atoms with Gasteiger partial charge in [0.05, 0.1) is 19.2 Å². The Morgan fingerprint density at radius 2 is 1.79 bits per heavy atom. The molecule has 3 aromatic rings. The van der Waals surface area contributed by atoms with Crippen molar-refractivity contribution < 1.29 is 27.5 Å². The number of sulfonamides is 1. The molecule has 1 aliphatic heterocycles. The number of nitrogens with one attached hydrogen (secondary N) is 1. The fraction of sp³-hybridized carbons (Fsp3) is 0.130. The molecule has 0 saturated carbocycles. The normalized spacial score (nSPS) is 13.1. The third-order valence-corrected chi connectivity index (χ3v) is 6.54. The number of ketones is 1. The Balaban J connectivity index is 1.62. The van der Waals surface area contributed by atoms with Crippen molar-refractivity contribution in [1.29, 1.82) is 0 Å². The van der Waals surface area contributed by atoms with Crippen LogP contribution in [0.2, 0.25) is 0 Å². The van der Waals surface area contributed by atoms with E-state index in [1.807, 2.05) is 0 Å².